The lowest BCUT2D eigenvalue weighted by Gasteiger charge is -2.22. The zero-order chi connectivity index (χ0) is 18.1. The third-order valence-electron chi connectivity index (χ3n) is 5.19. The van der Waals surface area contributed by atoms with Crippen molar-refractivity contribution >= 4 is 11.8 Å². The number of amides is 2. The van der Waals surface area contributed by atoms with E-state index in [4.69, 9.17) is 4.74 Å². The molecular formula is C20H23N3O3. The van der Waals surface area contributed by atoms with E-state index in [0.717, 1.165) is 29.8 Å². The average molecular weight is 353 g/mol. The summed E-state index contributed by atoms with van der Waals surface area (Å²) in [6, 6.07) is 7.49. The van der Waals surface area contributed by atoms with Crippen molar-refractivity contribution in [3.63, 3.8) is 0 Å². The van der Waals surface area contributed by atoms with Gasteiger partial charge < -0.3 is 19.5 Å². The second kappa shape index (κ2) is 6.86. The predicted molar refractivity (Wildman–Crippen MR) is 97.6 cm³/mol. The van der Waals surface area contributed by atoms with Gasteiger partial charge in [0.25, 0.3) is 11.8 Å². The van der Waals surface area contributed by atoms with Crippen LogP contribution in [-0.2, 0) is 6.42 Å². The number of nitrogens with one attached hydrogen (secondary N) is 1. The molecule has 0 bridgehead atoms. The summed E-state index contributed by atoms with van der Waals surface area (Å²) in [5.41, 5.74) is 3.40. The van der Waals surface area contributed by atoms with Crippen LogP contribution < -0.4 is 4.74 Å². The van der Waals surface area contributed by atoms with E-state index in [-0.39, 0.29) is 11.8 Å². The molecule has 1 aromatic carbocycles. The molecule has 1 aromatic heterocycles. The van der Waals surface area contributed by atoms with Gasteiger partial charge in [-0.3, -0.25) is 9.59 Å². The Morgan fingerprint density at radius 1 is 1.04 bits per heavy atom. The van der Waals surface area contributed by atoms with Crippen LogP contribution in [-0.4, -0.2) is 59.4 Å². The Bertz CT molecular complexity index is 843. The van der Waals surface area contributed by atoms with E-state index in [1.54, 1.807) is 6.20 Å². The van der Waals surface area contributed by atoms with Crippen molar-refractivity contribution in [1.82, 2.24) is 14.8 Å². The van der Waals surface area contributed by atoms with Crippen LogP contribution in [0.5, 0.6) is 5.75 Å². The fourth-order valence-corrected chi connectivity index (χ4v) is 3.68. The maximum Gasteiger partial charge on any atom is 0.255 e. The minimum atomic E-state index is 0.0341. The van der Waals surface area contributed by atoms with Crippen LogP contribution in [0, 0.1) is 6.92 Å². The lowest BCUT2D eigenvalue weighted by atomic mass is 10.1. The summed E-state index contributed by atoms with van der Waals surface area (Å²) in [5, 5.41) is 0. The Labute approximate surface area is 152 Å². The highest BCUT2D eigenvalue weighted by Crippen LogP contribution is 2.26. The number of benzene rings is 1. The topological polar surface area (TPSA) is 65.6 Å². The fourth-order valence-electron chi connectivity index (χ4n) is 3.68. The highest BCUT2D eigenvalue weighted by molar-refractivity contribution is 5.96. The Morgan fingerprint density at radius 2 is 1.81 bits per heavy atom. The molecule has 6 heteroatoms. The van der Waals surface area contributed by atoms with Gasteiger partial charge in [0.05, 0.1) is 12.2 Å². The van der Waals surface area contributed by atoms with Gasteiger partial charge in [-0.05, 0) is 43.2 Å². The van der Waals surface area contributed by atoms with Gasteiger partial charge in [-0.15, -0.1) is 0 Å². The third kappa shape index (κ3) is 3.07. The second-order valence-electron chi connectivity index (χ2n) is 6.88. The zero-order valence-corrected chi connectivity index (χ0v) is 15.0. The second-order valence-corrected chi connectivity index (χ2v) is 6.88. The molecule has 0 radical (unpaired) electrons. The van der Waals surface area contributed by atoms with Crippen LogP contribution in [0.1, 0.15) is 38.4 Å². The van der Waals surface area contributed by atoms with Crippen molar-refractivity contribution in [3.8, 4) is 5.75 Å². The minimum Gasteiger partial charge on any atom is -0.493 e. The van der Waals surface area contributed by atoms with Gasteiger partial charge in [0.1, 0.15) is 5.75 Å². The van der Waals surface area contributed by atoms with Crippen LogP contribution in [0.2, 0.25) is 0 Å². The highest BCUT2D eigenvalue weighted by atomic mass is 16.5. The van der Waals surface area contributed by atoms with E-state index in [0.29, 0.717) is 43.9 Å². The number of aromatic nitrogens is 1. The Kier molecular flexibility index (Phi) is 4.41. The van der Waals surface area contributed by atoms with Crippen molar-refractivity contribution in [3.05, 3.63) is 52.8 Å². The van der Waals surface area contributed by atoms with Crippen LogP contribution in [0.25, 0.3) is 0 Å². The highest BCUT2D eigenvalue weighted by Gasteiger charge is 2.25. The molecule has 136 valence electrons. The fraction of sp³-hybridized carbons (Fsp3) is 0.400. The molecule has 2 aliphatic heterocycles. The molecule has 6 nitrogen and oxygen atoms in total. The Balaban J connectivity index is 1.44. The standard InChI is InChI=1S/C20H23N3O3/c1-14-17(5-7-21-14)20(25)23-9-2-8-22(10-11-23)19(24)16-3-4-18-15(13-16)6-12-26-18/h3-5,7,13,21H,2,6,8-12H2,1H3. The normalized spacial score (nSPS) is 16.8. The molecule has 0 unspecified atom stereocenters. The molecule has 0 saturated carbocycles. The predicted octanol–water partition coefficient (Wildman–Crippen LogP) is 2.25. The number of carbonyl (C=O) groups excluding carboxylic acids is 2. The van der Waals surface area contributed by atoms with E-state index in [1.165, 1.54) is 0 Å². The van der Waals surface area contributed by atoms with Crippen molar-refractivity contribution in [2.45, 2.75) is 19.8 Å². The summed E-state index contributed by atoms with van der Waals surface area (Å²) in [6.07, 6.45) is 3.43. The number of aromatic amines is 1. The third-order valence-corrected chi connectivity index (χ3v) is 5.19. The summed E-state index contributed by atoms with van der Waals surface area (Å²) < 4.78 is 5.51. The van der Waals surface area contributed by atoms with E-state index < -0.39 is 0 Å². The summed E-state index contributed by atoms with van der Waals surface area (Å²) in [7, 11) is 0. The Morgan fingerprint density at radius 3 is 2.54 bits per heavy atom. The van der Waals surface area contributed by atoms with Gasteiger partial charge in [-0.25, -0.2) is 0 Å². The first-order valence-electron chi connectivity index (χ1n) is 9.12. The number of hydrogen-bond acceptors (Lipinski definition) is 3. The molecule has 2 aliphatic rings. The maximum absolute atomic E-state index is 12.9. The summed E-state index contributed by atoms with van der Waals surface area (Å²) in [5.74, 6) is 0.954. The quantitative estimate of drug-likeness (QED) is 0.901. The minimum absolute atomic E-state index is 0.0341. The van der Waals surface area contributed by atoms with Gasteiger partial charge in [0, 0.05) is 50.1 Å². The van der Waals surface area contributed by atoms with Gasteiger partial charge in [0.2, 0.25) is 0 Å². The van der Waals surface area contributed by atoms with Crippen molar-refractivity contribution in [2.75, 3.05) is 32.8 Å². The molecule has 0 aliphatic carbocycles. The summed E-state index contributed by atoms with van der Waals surface area (Å²) >= 11 is 0. The molecule has 2 amide bonds. The smallest absolute Gasteiger partial charge is 0.255 e. The summed E-state index contributed by atoms with van der Waals surface area (Å²) in [4.78, 5) is 32.3. The number of ether oxygens (including phenoxy) is 1. The molecule has 3 heterocycles. The van der Waals surface area contributed by atoms with Crippen LogP contribution in [0.4, 0.5) is 0 Å². The summed E-state index contributed by atoms with van der Waals surface area (Å²) in [6.45, 7) is 5.04. The van der Waals surface area contributed by atoms with Gasteiger partial charge >= 0.3 is 0 Å². The van der Waals surface area contributed by atoms with Crippen LogP contribution in [0.3, 0.4) is 0 Å². The average Bonchev–Trinajstić information content (AvgIpc) is 3.22. The first-order valence-corrected chi connectivity index (χ1v) is 9.12. The number of hydrogen-bond donors (Lipinski definition) is 1. The molecule has 1 fully saturated rings. The van der Waals surface area contributed by atoms with Crippen LogP contribution in [0.15, 0.2) is 30.5 Å². The van der Waals surface area contributed by atoms with Crippen LogP contribution >= 0.6 is 0 Å². The van der Waals surface area contributed by atoms with Gasteiger partial charge in [0.15, 0.2) is 0 Å². The lowest BCUT2D eigenvalue weighted by Crippen LogP contribution is -2.37. The van der Waals surface area contributed by atoms with E-state index in [9.17, 15) is 9.59 Å². The molecule has 4 rings (SSSR count). The first kappa shape index (κ1) is 16.7. The van der Waals surface area contributed by atoms with E-state index >= 15 is 0 Å². The van der Waals surface area contributed by atoms with Gasteiger partial charge in [-0.2, -0.15) is 0 Å². The molecular weight excluding hydrogens is 330 g/mol. The van der Waals surface area contributed by atoms with Crippen molar-refractivity contribution in [1.29, 1.82) is 0 Å². The monoisotopic (exact) mass is 353 g/mol. The number of rotatable bonds is 2. The zero-order valence-electron chi connectivity index (χ0n) is 15.0. The number of H-pyrrole nitrogens is 1. The SMILES string of the molecule is Cc1[nH]ccc1C(=O)N1CCCN(C(=O)c2ccc3c(c2)CCO3)CC1. The van der Waals surface area contributed by atoms with Crippen molar-refractivity contribution in [2.24, 2.45) is 0 Å². The largest absolute Gasteiger partial charge is 0.493 e. The molecule has 0 spiro atoms. The molecule has 1 saturated heterocycles. The van der Waals surface area contributed by atoms with Gasteiger partial charge in [-0.1, -0.05) is 0 Å². The van der Waals surface area contributed by atoms with Crippen molar-refractivity contribution < 1.29 is 14.3 Å². The van der Waals surface area contributed by atoms with E-state index in [1.807, 2.05) is 41.0 Å². The number of nitrogens with zero attached hydrogens (tertiary/aromatic N) is 2. The Hall–Kier alpha value is -2.76. The number of aryl methyl sites for hydroxylation is 1. The van der Waals surface area contributed by atoms with E-state index in [2.05, 4.69) is 4.98 Å². The number of fused-ring (bicyclic) bond motifs is 1. The molecule has 2 aromatic rings. The lowest BCUT2D eigenvalue weighted by molar-refractivity contribution is 0.0718. The number of carbonyl (C=O) groups is 2. The first-order chi connectivity index (χ1) is 12.6. The maximum atomic E-state index is 12.9. The molecule has 26 heavy (non-hydrogen) atoms. The molecule has 1 N–H and O–H groups in total. The molecule has 0 atom stereocenters.